The van der Waals surface area contributed by atoms with E-state index in [9.17, 15) is 14.7 Å². The number of fused-ring (bicyclic) bond motifs is 2. The third-order valence-electron chi connectivity index (χ3n) is 4.28. The average molecular weight is 365 g/mol. The highest BCUT2D eigenvalue weighted by Gasteiger charge is 2.25. The lowest BCUT2D eigenvalue weighted by atomic mass is 9.92. The number of alkyl carbamates (subject to hydrolysis) is 1. The first-order valence-electron chi connectivity index (χ1n) is 8.86. The standard InChI is InChI=1S/C22H23NO4/c1-22(2,3)27-21(26)23-19(20(24)25)13-18-16-10-6-4-8-14(16)12-15-9-5-7-11-17(15)18/h4-12,19H,13H2,1-3H3,(H,23,26)(H,24,25). The van der Waals surface area contributed by atoms with Crippen molar-refractivity contribution in [3.8, 4) is 0 Å². The number of carbonyl (C=O) groups is 2. The number of carboxylic acid groups (broad SMARTS) is 1. The highest BCUT2D eigenvalue weighted by Crippen LogP contribution is 2.29. The molecule has 0 saturated carbocycles. The fraction of sp³-hybridized carbons (Fsp3) is 0.273. The van der Waals surface area contributed by atoms with Gasteiger partial charge in [0.25, 0.3) is 0 Å². The molecule has 0 spiro atoms. The van der Waals surface area contributed by atoms with Gasteiger partial charge in [0.2, 0.25) is 0 Å². The van der Waals surface area contributed by atoms with Crippen LogP contribution in [0.5, 0.6) is 0 Å². The van der Waals surface area contributed by atoms with Gasteiger partial charge < -0.3 is 15.2 Å². The Labute approximate surface area is 157 Å². The second kappa shape index (κ2) is 7.27. The van der Waals surface area contributed by atoms with Crippen molar-refractivity contribution in [1.29, 1.82) is 0 Å². The summed E-state index contributed by atoms with van der Waals surface area (Å²) in [6, 6.07) is 16.7. The Morgan fingerprint density at radius 3 is 2.00 bits per heavy atom. The lowest BCUT2D eigenvalue weighted by molar-refractivity contribution is -0.139. The summed E-state index contributed by atoms with van der Waals surface area (Å²) < 4.78 is 5.22. The Balaban J connectivity index is 2.01. The maximum atomic E-state index is 12.1. The highest BCUT2D eigenvalue weighted by molar-refractivity contribution is 6.02. The molecule has 5 heteroatoms. The molecule has 0 radical (unpaired) electrons. The zero-order valence-corrected chi connectivity index (χ0v) is 15.7. The minimum absolute atomic E-state index is 0.163. The molecule has 27 heavy (non-hydrogen) atoms. The monoisotopic (exact) mass is 365 g/mol. The van der Waals surface area contributed by atoms with Gasteiger partial charge in [0.05, 0.1) is 0 Å². The van der Waals surface area contributed by atoms with Gasteiger partial charge in [-0.15, -0.1) is 0 Å². The number of ether oxygens (including phenoxy) is 1. The minimum atomic E-state index is -1.10. The largest absolute Gasteiger partial charge is 0.480 e. The predicted molar refractivity (Wildman–Crippen MR) is 106 cm³/mol. The number of hydrogen-bond acceptors (Lipinski definition) is 3. The minimum Gasteiger partial charge on any atom is -0.480 e. The number of hydrogen-bond donors (Lipinski definition) is 2. The van der Waals surface area contributed by atoms with Crippen molar-refractivity contribution in [1.82, 2.24) is 5.32 Å². The summed E-state index contributed by atoms with van der Waals surface area (Å²) in [5, 5.41) is 16.2. The van der Waals surface area contributed by atoms with E-state index in [0.717, 1.165) is 27.1 Å². The lowest BCUT2D eigenvalue weighted by Crippen LogP contribution is -2.44. The Morgan fingerprint density at radius 2 is 1.52 bits per heavy atom. The molecule has 0 saturated heterocycles. The molecule has 1 unspecified atom stereocenters. The molecule has 3 rings (SSSR count). The molecule has 1 amide bonds. The van der Waals surface area contributed by atoms with Crippen molar-refractivity contribution in [2.75, 3.05) is 0 Å². The SMILES string of the molecule is CC(C)(C)OC(=O)NC(Cc1c2ccccc2cc2ccccc12)C(=O)O. The number of aliphatic carboxylic acids is 1. The third kappa shape index (κ3) is 4.37. The average Bonchev–Trinajstić information content (AvgIpc) is 2.59. The predicted octanol–water partition coefficient (Wildman–Crippen LogP) is 4.51. The molecule has 5 nitrogen and oxygen atoms in total. The first kappa shape index (κ1) is 18.7. The Bertz CT molecular complexity index is 950. The van der Waals surface area contributed by atoms with Crippen LogP contribution in [0, 0.1) is 0 Å². The van der Waals surface area contributed by atoms with Crippen LogP contribution in [-0.2, 0) is 16.0 Å². The van der Waals surface area contributed by atoms with Crippen LogP contribution < -0.4 is 5.32 Å². The summed E-state index contributed by atoms with van der Waals surface area (Å²) in [5.74, 6) is -1.10. The van der Waals surface area contributed by atoms with Crippen molar-refractivity contribution in [2.45, 2.75) is 38.8 Å². The van der Waals surface area contributed by atoms with Crippen molar-refractivity contribution in [3.63, 3.8) is 0 Å². The van der Waals surface area contributed by atoms with E-state index in [1.54, 1.807) is 20.8 Å². The van der Waals surface area contributed by atoms with E-state index < -0.39 is 23.7 Å². The molecule has 0 bridgehead atoms. The summed E-state index contributed by atoms with van der Waals surface area (Å²) >= 11 is 0. The molecular formula is C22H23NO4. The molecule has 1 atom stereocenters. The number of carboxylic acids is 1. The molecule has 140 valence electrons. The molecule has 0 aliphatic carbocycles. The Kier molecular flexibility index (Phi) is 5.04. The van der Waals surface area contributed by atoms with Crippen molar-refractivity contribution in [2.24, 2.45) is 0 Å². The normalized spacial score (nSPS) is 12.7. The van der Waals surface area contributed by atoms with Gasteiger partial charge in [-0.25, -0.2) is 9.59 Å². The molecule has 2 N–H and O–H groups in total. The summed E-state index contributed by atoms with van der Waals surface area (Å²) in [6.07, 6.45) is -0.573. The Morgan fingerprint density at radius 1 is 1.00 bits per heavy atom. The second-order valence-electron chi connectivity index (χ2n) is 7.54. The number of benzene rings is 3. The van der Waals surface area contributed by atoms with Crippen molar-refractivity contribution >= 4 is 33.6 Å². The molecular weight excluding hydrogens is 342 g/mol. The number of rotatable bonds is 4. The van der Waals surface area contributed by atoms with Crippen molar-refractivity contribution in [3.05, 3.63) is 60.2 Å². The van der Waals surface area contributed by atoms with Gasteiger partial charge in [-0.2, -0.15) is 0 Å². The van der Waals surface area contributed by atoms with Crippen LogP contribution >= 0.6 is 0 Å². The fourth-order valence-electron chi connectivity index (χ4n) is 3.18. The smallest absolute Gasteiger partial charge is 0.408 e. The van der Waals surface area contributed by atoms with Gasteiger partial charge in [0.15, 0.2) is 0 Å². The van der Waals surface area contributed by atoms with Crippen LogP contribution in [0.3, 0.4) is 0 Å². The van der Waals surface area contributed by atoms with E-state index in [-0.39, 0.29) is 6.42 Å². The van der Waals surface area contributed by atoms with E-state index in [1.807, 2.05) is 48.5 Å². The van der Waals surface area contributed by atoms with Gasteiger partial charge in [-0.05, 0) is 53.9 Å². The topological polar surface area (TPSA) is 75.6 Å². The van der Waals surface area contributed by atoms with Gasteiger partial charge in [0.1, 0.15) is 11.6 Å². The fourth-order valence-corrected chi connectivity index (χ4v) is 3.18. The highest BCUT2D eigenvalue weighted by atomic mass is 16.6. The van der Waals surface area contributed by atoms with Gasteiger partial charge in [-0.1, -0.05) is 48.5 Å². The van der Waals surface area contributed by atoms with E-state index >= 15 is 0 Å². The summed E-state index contributed by atoms with van der Waals surface area (Å²) in [5.41, 5.74) is 0.200. The summed E-state index contributed by atoms with van der Waals surface area (Å²) in [4.78, 5) is 23.9. The number of carbonyl (C=O) groups excluding carboxylic acids is 1. The molecule has 0 aliphatic heterocycles. The second-order valence-corrected chi connectivity index (χ2v) is 7.54. The third-order valence-corrected chi connectivity index (χ3v) is 4.28. The summed E-state index contributed by atoms with van der Waals surface area (Å²) in [6.45, 7) is 5.21. The number of nitrogens with one attached hydrogen (secondary N) is 1. The van der Waals surface area contributed by atoms with Gasteiger partial charge in [-0.3, -0.25) is 0 Å². The Hall–Kier alpha value is -3.08. The molecule has 3 aromatic carbocycles. The summed E-state index contributed by atoms with van der Waals surface area (Å²) in [7, 11) is 0. The zero-order chi connectivity index (χ0) is 19.6. The van der Waals surface area contributed by atoms with Crippen LogP contribution in [0.15, 0.2) is 54.6 Å². The first-order chi connectivity index (χ1) is 12.7. The van der Waals surface area contributed by atoms with Crippen LogP contribution in [0.1, 0.15) is 26.3 Å². The van der Waals surface area contributed by atoms with E-state index in [2.05, 4.69) is 11.4 Å². The van der Waals surface area contributed by atoms with Crippen molar-refractivity contribution < 1.29 is 19.4 Å². The quantitative estimate of drug-likeness (QED) is 0.667. The van der Waals surface area contributed by atoms with Gasteiger partial charge >= 0.3 is 12.1 Å². The first-order valence-corrected chi connectivity index (χ1v) is 8.86. The van der Waals surface area contributed by atoms with E-state index in [4.69, 9.17) is 4.74 Å². The molecule has 3 aromatic rings. The molecule has 0 aromatic heterocycles. The zero-order valence-electron chi connectivity index (χ0n) is 15.7. The van der Waals surface area contributed by atoms with Crippen LogP contribution in [-0.4, -0.2) is 28.8 Å². The van der Waals surface area contributed by atoms with Crippen LogP contribution in [0.2, 0.25) is 0 Å². The van der Waals surface area contributed by atoms with E-state index in [0.29, 0.717) is 0 Å². The number of amides is 1. The van der Waals surface area contributed by atoms with Crippen LogP contribution in [0.4, 0.5) is 4.79 Å². The van der Waals surface area contributed by atoms with Gasteiger partial charge in [0, 0.05) is 6.42 Å². The van der Waals surface area contributed by atoms with Crippen LogP contribution in [0.25, 0.3) is 21.5 Å². The molecule has 0 fully saturated rings. The maximum Gasteiger partial charge on any atom is 0.408 e. The lowest BCUT2D eigenvalue weighted by Gasteiger charge is -2.22. The molecule has 0 heterocycles. The maximum absolute atomic E-state index is 12.1. The van der Waals surface area contributed by atoms with E-state index in [1.165, 1.54) is 0 Å². The molecule has 0 aliphatic rings.